The van der Waals surface area contributed by atoms with Gasteiger partial charge in [-0.1, -0.05) is 25.1 Å². The van der Waals surface area contributed by atoms with Crippen LogP contribution in [0.3, 0.4) is 0 Å². The summed E-state index contributed by atoms with van der Waals surface area (Å²) in [5.41, 5.74) is 0.149. The lowest BCUT2D eigenvalue weighted by molar-refractivity contribution is -0.285. The van der Waals surface area contributed by atoms with Crippen molar-refractivity contribution < 1.29 is 19.3 Å². The zero-order valence-corrected chi connectivity index (χ0v) is 20.5. The number of aliphatic hydroxyl groups is 1. The van der Waals surface area contributed by atoms with Crippen molar-refractivity contribution in [1.82, 2.24) is 4.90 Å². The van der Waals surface area contributed by atoms with Crippen LogP contribution in [0.2, 0.25) is 0 Å². The van der Waals surface area contributed by atoms with Gasteiger partial charge in [0, 0.05) is 36.0 Å². The molecule has 4 bridgehead atoms. The van der Waals surface area contributed by atoms with Crippen molar-refractivity contribution in [3.8, 4) is 11.5 Å². The van der Waals surface area contributed by atoms with Crippen LogP contribution in [-0.4, -0.2) is 60.7 Å². The second kappa shape index (κ2) is 5.92. The van der Waals surface area contributed by atoms with E-state index in [0.717, 1.165) is 37.3 Å². The van der Waals surface area contributed by atoms with Crippen LogP contribution in [0.25, 0.3) is 0 Å². The molecule has 4 aliphatic carbocycles. The van der Waals surface area contributed by atoms with Gasteiger partial charge in [-0.2, -0.15) is 0 Å². The molecule has 1 aromatic rings. The summed E-state index contributed by atoms with van der Waals surface area (Å²) in [5.74, 6) is 2.03. The molecule has 2 spiro atoms. The Labute approximate surface area is 191 Å². The first-order valence-corrected chi connectivity index (χ1v) is 12.2. The Kier molecular flexibility index (Phi) is 3.88. The second-order valence-electron chi connectivity index (χ2n) is 11.6. The van der Waals surface area contributed by atoms with Gasteiger partial charge in [0.05, 0.1) is 18.1 Å². The molecule has 2 fully saturated rings. The van der Waals surface area contributed by atoms with Crippen LogP contribution in [0.15, 0.2) is 24.3 Å². The maximum absolute atomic E-state index is 11.5. The first-order chi connectivity index (χ1) is 15.1. The number of likely N-dealkylation sites (tertiary alicyclic amines) is 1. The number of benzene rings is 1. The number of nitrogens with zero attached hydrogens (tertiary/aromatic N) is 1. The van der Waals surface area contributed by atoms with Gasteiger partial charge >= 0.3 is 0 Å². The number of piperidine rings is 1. The Bertz CT molecular complexity index is 1030. The van der Waals surface area contributed by atoms with Crippen LogP contribution in [0, 0.1) is 11.3 Å². The van der Waals surface area contributed by atoms with E-state index < -0.39 is 16.8 Å². The highest BCUT2D eigenvalue weighted by Gasteiger charge is 2.85. The van der Waals surface area contributed by atoms with Crippen molar-refractivity contribution in [1.29, 1.82) is 0 Å². The highest BCUT2D eigenvalue weighted by molar-refractivity contribution is 5.68. The molecule has 7 rings (SSSR count). The summed E-state index contributed by atoms with van der Waals surface area (Å²) in [4.78, 5) is 2.59. The number of methoxy groups -OCH3 is 2. The van der Waals surface area contributed by atoms with Crippen LogP contribution in [0.4, 0.5) is 0 Å². The molecular formula is C27H37NO4. The van der Waals surface area contributed by atoms with E-state index in [9.17, 15) is 5.11 Å². The van der Waals surface area contributed by atoms with Crippen molar-refractivity contribution in [2.75, 3.05) is 27.8 Å². The van der Waals surface area contributed by atoms with Gasteiger partial charge in [-0.05, 0) is 65.3 Å². The lowest BCUT2D eigenvalue weighted by Gasteiger charge is -2.76. The van der Waals surface area contributed by atoms with Crippen LogP contribution in [0.5, 0.6) is 11.5 Å². The molecule has 5 nitrogen and oxygen atoms in total. The first-order valence-electron chi connectivity index (χ1n) is 12.2. The average molecular weight is 440 g/mol. The minimum absolute atomic E-state index is 0.0866. The number of hydrogen-bond donors (Lipinski definition) is 1. The van der Waals surface area contributed by atoms with Gasteiger partial charge in [0.15, 0.2) is 11.5 Å². The van der Waals surface area contributed by atoms with Crippen molar-refractivity contribution in [3.63, 3.8) is 0 Å². The maximum atomic E-state index is 11.5. The molecule has 7 unspecified atom stereocenters. The van der Waals surface area contributed by atoms with Gasteiger partial charge in [-0.15, -0.1) is 0 Å². The number of hydrogen-bond acceptors (Lipinski definition) is 5. The smallest absolute Gasteiger partial charge is 0.166 e. The zero-order chi connectivity index (χ0) is 22.9. The molecule has 1 aromatic carbocycles. The Hall–Kier alpha value is -1.56. The molecule has 5 heteroatoms. The minimum atomic E-state index is -0.907. The first kappa shape index (κ1) is 21.0. The zero-order valence-electron chi connectivity index (χ0n) is 20.5. The van der Waals surface area contributed by atoms with E-state index in [0.29, 0.717) is 12.0 Å². The fraction of sp³-hybridized carbons (Fsp3) is 0.704. The van der Waals surface area contributed by atoms with Crippen LogP contribution in [-0.2, 0) is 10.2 Å². The van der Waals surface area contributed by atoms with Gasteiger partial charge in [0.25, 0.3) is 0 Å². The molecule has 2 heterocycles. The van der Waals surface area contributed by atoms with E-state index in [1.165, 1.54) is 11.1 Å². The van der Waals surface area contributed by atoms with Crippen LogP contribution in [0.1, 0.15) is 64.0 Å². The second-order valence-corrected chi connectivity index (χ2v) is 11.6. The van der Waals surface area contributed by atoms with Crippen molar-refractivity contribution in [3.05, 3.63) is 35.4 Å². The molecule has 0 amide bonds. The SMILES string of the molecule is CCC1c2ccc(OC)c3c2C24CCN(C)C1C21C=CC(OC)(C(C(C)(C)O)C1)C4(C)O3. The summed E-state index contributed by atoms with van der Waals surface area (Å²) < 4.78 is 19.5. The fourth-order valence-electron chi connectivity index (χ4n) is 9.37. The Morgan fingerprint density at radius 1 is 1.25 bits per heavy atom. The van der Waals surface area contributed by atoms with Gasteiger partial charge < -0.3 is 24.2 Å². The Balaban J connectivity index is 1.78. The van der Waals surface area contributed by atoms with E-state index in [1.54, 1.807) is 14.2 Å². The molecule has 1 saturated heterocycles. The maximum Gasteiger partial charge on any atom is 0.166 e. The quantitative estimate of drug-likeness (QED) is 0.718. The molecule has 0 aromatic heterocycles. The monoisotopic (exact) mass is 439 g/mol. The minimum Gasteiger partial charge on any atom is -0.493 e. The van der Waals surface area contributed by atoms with Crippen molar-refractivity contribution in [2.24, 2.45) is 11.3 Å². The van der Waals surface area contributed by atoms with Crippen molar-refractivity contribution >= 4 is 0 Å². The van der Waals surface area contributed by atoms with Gasteiger partial charge in [-0.3, -0.25) is 0 Å². The largest absolute Gasteiger partial charge is 0.493 e. The molecule has 174 valence electrons. The van der Waals surface area contributed by atoms with E-state index in [4.69, 9.17) is 14.2 Å². The molecule has 0 radical (unpaired) electrons. The Morgan fingerprint density at radius 2 is 2.00 bits per heavy atom. The van der Waals surface area contributed by atoms with E-state index in [-0.39, 0.29) is 16.7 Å². The summed E-state index contributed by atoms with van der Waals surface area (Å²) in [6, 6.07) is 4.73. The number of ether oxygens (including phenoxy) is 3. The van der Waals surface area contributed by atoms with E-state index >= 15 is 0 Å². The highest BCUT2D eigenvalue weighted by atomic mass is 16.6. The third-order valence-electron chi connectivity index (χ3n) is 10.4. The van der Waals surface area contributed by atoms with E-state index in [1.807, 2.05) is 13.8 Å². The standard InChI is InChI=1S/C27H37NO4/c1-8-16-17-9-10-18(30-6)21-20(17)26-13-14-28(5)22(16)25(26)11-12-27(31-7,24(26,4)32-21)19(15-25)23(2,3)29/h9-12,16,19,22,29H,8,13-15H2,1-7H3. The van der Waals surface area contributed by atoms with Crippen LogP contribution >= 0.6 is 0 Å². The third-order valence-corrected chi connectivity index (χ3v) is 10.4. The predicted octanol–water partition coefficient (Wildman–Crippen LogP) is 4.03. The number of likely N-dealkylation sites (N-methyl/N-ethyl adjacent to an activating group) is 1. The molecule has 1 saturated carbocycles. The third kappa shape index (κ3) is 1.82. The normalized spacial score (nSPS) is 45.6. The molecule has 1 N–H and O–H groups in total. The molecule has 7 atom stereocenters. The molecule has 6 aliphatic rings. The summed E-state index contributed by atoms with van der Waals surface area (Å²) in [6.45, 7) is 9.47. The summed E-state index contributed by atoms with van der Waals surface area (Å²) in [7, 11) is 5.81. The summed E-state index contributed by atoms with van der Waals surface area (Å²) >= 11 is 0. The lowest BCUT2D eigenvalue weighted by atomic mass is 9.31. The number of fused-ring (bicyclic) bond motifs is 1. The van der Waals surface area contributed by atoms with Crippen molar-refractivity contribution in [2.45, 2.75) is 81.1 Å². The van der Waals surface area contributed by atoms with Gasteiger partial charge in [-0.25, -0.2) is 0 Å². The van der Waals surface area contributed by atoms with Gasteiger partial charge in [0.2, 0.25) is 0 Å². The van der Waals surface area contributed by atoms with Crippen LogP contribution < -0.4 is 9.47 Å². The molecule has 32 heavy (non-hydrogen) atoms. The number of rotatable bonds is 4. The Morgan fingerprint density at radius 3 is 2.62 bits per heavy atom. The molecular weight excluding hydrogens is 402 g/mol. The van der Waals surface area contributed by atoms with Gasteiger partial charge in [0.1, 0.15) is 11.2 Å². The fourth-order valence-corrected chi connectivity index (χ4v) is 9.37. The molecule has 2 aliphatic heterocycles. The summed E-state index contributed by atoms with van der Waals surface area (Å²) in [5, 5.41) is 11.5. The lowest BCUT2D eigenvalue weighted by Crippen LogP contribution is -2.85. The van der Waals surface area contributed by atoms with E-state index in [2.05, 4.69) is 50.1 Å². The topological polar surface area (TPSA) is 51.2 Å². The summed E-state index contributed by atoms with van der Waals surface area (Å²) in [6.07, 6.45) is 7.71. The average Bonchev–Trinajstić information content (AvgIpc) is 3.05. The predicted molar refractivity (Wildman–Crippen MR) is 123 cm³/mol. The highest BCUT2D eigenvalue weighted by Crippen LogP contribution is 2.80.